The van der Waals surface area contributed by atoms with Crippen molar-refractivity contribution in [3.63, 3.8) is 0 Å². The summed E-state index contributed by atoms with van der Waals surface area (Å²) in [6, 6.07) is 12.1. The molecule has 2 heterocycles. The number of nitrogens with zero attached hydrogens (tertiary/aromatic N) is 2. The fourth-order valence-corrected chi connectivity index (χ4v) is 2.92. The number of aryl methyl sites for hydroxylation is 1. The van der Waals surface area contributed by atoms with Crippen molar-refractivity contribution >= 4 is 5.91 Å². The van der Waals surface area contributed by atoms with Crippen LogP contribution in [0.25, 0.3) is 0 Å². The number of hydrogen-bond donors (Lipinski definition) is 1. The Balaban J connectivity index is 1.57. The van der Waals surface area contributed by atoms with E-state index in [9.17, 15) is 4.79 Å². The van der Waals surface area contributed by atoms with Gasteiger partial charge in [-0.1, -0.05) is 24.3 Å². The highest BCUT2D eigenvalue weighted by molar-refractivity contribution is 5.93. The predicted molar refractivity (Wildman–Crippen MR) is 91.1 cm³/mol. The van der Waals surface area contributed by atoms with Crippen LogP contribution in [-0.4, -0.2) is 28.9 Å². The molecule has 1 saturated heterocycles. The van der Waals surface area contributed by atoms with Crippen LogP contribution in [0.15, 0.2) is 42.6 Å². The Morgan fingerprint density at radius 3 is 2.70 bits per heavy atom. The molecule has 23 heavy (non-hydrogen) atoms. The topological polar surface area (TPSA) is 45.2 Å². The highest BCUT2D eigenvalue weighted by atomic mass is 16.1. The van der Waals surface area contributed by atoms with Gasteiger partial charge in [0.05, 0.1) is 5.56 Å². The van der Waals surface area contributed by atoms with Crippen LogP contribution in [0.3, 0.4) is 0 Å². The quantitative estimate of drug-likeness (QED) is 0.923. The number of likely N-dealkylation sites (tertiary alicyclic amines) is 1. The van der Waals surface area contributed by atoms with Crippen LogP contribution >= 0.6 is 0 Å². The van der Waals surface area contributed by atoms with Gasteiger partial charge in [-0.05, 0) is 56.1 Å². The first-order chi connectivity index (χ1) is 11.2. The molecule has 120 valence electrons. The second-order valence-electron chi connectivity index (χ2n) is 6.17. The number of amides is 1. The minimum Gasteiger partial charge on any atom is -0.348 e. The average Bonchev–Trinajstić information content (AvgIpc) is 3.07. The van der Waals surface area contributed by atoms with Gasteiger partial charge in [0.2, 0.25) is 0 Å². The Labute approximate surface area is 137 Å². The van der Waals surface area contributed by atoms with Crippen molar-refractivity contribution in [1.82, 2.24) is 15.2 Å². The van der Waals surface area contributed by atoms with Gasteiger partial charge in [0.1, 0.15) is 0 Å². The molecular weight excluding hydrogens is 286 g/mol. The molecule has 0 atom stereocenters. The first-order valence-corrected chi connectivity index (χ1v) is 8.22. The molecule has 1 aliphatic heterocycles. The van der Waals surface area contributed by atoms with E-state index in [0.717, 1.165) is 17.8 Å². The van der Waals surface area contributed by atoms with E-state index in [1.54, 1.807) is 6.20 Å². The van der Waals surface area contributed by atoms with E-state index in [2.05, 4.69) is 39.5 Å². The lowest BCUT2D eigenvalue weighted by Gasteiger charge is -2.15. The summed E-state index contributed by atoms with van der Waals surface area (Å²) in [7, 11) is 0. The summed E-state index contributed by atoms with van der Waals surface area (Å²) in [6.45, 7) is 5.85. The fourth-order valence-electron chi connectivity index (χ4n) is 2.92. The van der Waals surface area contributed by atoms with Crippen molar-refractivity contribution in [3.8, 4) is 0 Å². The SMILES string of the molecule is Cc1ccc(C(=O)NCc2cccc(CN3CCCC3)c2)cn1. The van der Waals surface area contributed by atoms with Gasteiger partial charge in [0, 0.05) is 25.0 Å². The lowest BCUT2D eigenvalue weighted by atomic mass is 10.1. The molecule has 0 radical (unpaired) electrons. The molecule has 1 N–H and O–H groups in total. The highest BCUT2D eigenvalue weighted by Crippen LogP contribution is 2.14. The normalized spacial score (nSPS) is 14.8. The number of hydrogen-bond acceptors (Lipinski definition) is 3. The van der Waals surface area contributed by atoms with Crippen LogP contribution < -0.4 is 5.32 Å². The highest BCUT2D eigenvalue weighted by Gasteiger charge is 2.12. The Bertz CT molecular complexity index is 661. The number of carbonyl (C=O) groups excluding carboxylic acids is 1. The van der Waals surface area contributed by atoms with Gasteiger partial charge in [-0.2, -0.15) is 0 Å². The third-order valence-corrected chi connectivity index (χ3v) is 4.22. The predicted octanol–water partition coefficient (Wildman–Crippen LogP) is 2.92. The van der Waals surface area contributed by atoms with Crippen LogP contribution in [0.2, 0.25) is 0 Å². The van der Waals surface area contributed by atoms with Crippen LogP contribution in [0.4, 0.5) is 0 Å². The van der Waals surface area contributed by atoms with Crippen molar-refractivity contribution in [1.29, 1.82) is 0 Å². The molecule has 0 spiro atoms. The van der Waals surface area contributed by atoms with Crippen molar-refractivity contribution in [2.75, 3.05) is 13.1 Å². The van der Waals surface area contributed by atoms with Crippen molar-refractivity contribution in [2.45, 2.75) is 32.9 Å². The molecule has 1 aliphatic rings. The molecule has 1 aromatic heterocycles. The number of rotatable bonds is 5. The number of carbonyl (C=O) groups is 1. The zero-order valence-corrected chi connectivity index (χ0v) is 13.6. The van der Waals surface area contributed by atoms with Crippen LogP contribution in [0, 0.1) is 6.92 Å². The minimum atomic E-state index is -0.0811. The molecule has 1 aromatic carbocycles. The molecule has 0 bridgehead atoms. The zero-order valence-electron chi connectivity index (χ0n) is 13.6. The molecular formula is C19H23N3O. The monoisotopic (exact) mass is 309 g/mol. The largest absolute Gasteiger partial charge is 0.348 e. The molecule has 0 unspecified atom stereocenters. The Morgan fingerprint density at radius 2 is 1.96 bits per heavy atom. The molecule has 1 fully saturated rings. The van der Waals surface area contributed by atoms with Crippen LogP contribution in [0.5, 0.6) is 0 Å². The third kappa shape index (κ3) is 4.39. The number of pyridine rings is 1. The Kier molecular flexibility index (Phi) is 5.03. The van der Waals surface area contributed by atoms with Gasteiger partial charge in [0.25, 0.3) is 5.91 Å². The second-order valence-corrected chi connectivity index (χ2v) is 6.17. The van der Waals surface area contributed by atoms with Crippen LogP contribution in [-0.2, 0) is 13.1 Å². The third-order valence-electron chi connectivity index (χ3n) is 4.22. The van der Waals surface area contributed by atoms with Gasteiger partial charge in [-0.15, -0.1) is 0 Å². The molecule has 4 nitrogen and oxygen atoms in total. The summed E-state index contributed by atoms with van der Waals surface area (Å²) in [5.41, 5.74) is 3.96. The maximum atomic E-state index is 12.1. The van der Waals surface area contributed by atoms with Crippen molar-refractivity contribution in [3.05, 3.63) is 65.0 Å². The molecule has 0 aliphatic carbocycles. The van der Waals surface area contributed by atoms with Crippen molar-refractivity contribution < 1.29 is 4.79 Å². The lowest BCUT2D eigenvalue weighted by Crippen LogP contribution is -2.23. The minimum absolute atomic E-state index is 0.0811. The number of aromatic nitrogens is 1. The molecule has 3 rings (SSSR count). The number of benzene rings is 1. The summed E-state index contributed by atoms with van der Waals surface area (Å²) in [4.78, 5) is 18.8. The molecule has 0 saturated carbocycles. The first-order valence-electron chi connectivity index (χ1n) is 8.22. The van der Waals surface area contributed by atoms with Gasteiger partial charge in [0.15, 0.2) is 0 Å². The van der Waals surface area contributed by atoms with E-state index >= 15 is 0 Å². The van der Waals surface area contributed by atoms with E-state index < -0.39 is 0 Å². The summed E-state index contributed by atoms with van der Waals surface area (Å²) >= 11 is 0. The summed E-state index contributed by atoms with van der Waals surface area (Å²) in [6.07, 6.45) is 4.23. The number of nitrogens with one attached hydrogen (secondary N) is 1. The van der Waals surface area contributed by atoms with E-state index in [0.29, 0.717) is 12.1 Å². The maximum absolute atomic E-state index is 12.1. The maximum Gasteiger partial charge on any atom is 0.253 e. The standard InChI is InChI=1S/C19H23N3O/c1-15-7-8-18(13-20-15)19(23)21-12-16-5-4-6-17(11-16)14-22-9-2-3-10-22/h4-8,11,13H,2-3,9-10,12,14H2,1H3,(H,21,23). The van der Waals surface area contributed by atoms with E-state index in [4.69, 9.17) is 0 Å². The molecule has 2 aromatic rings. The summed E-state index contributed by atoms with van der Waals surface area (Å²) < 4.78 is 0. The summed E-state index contributed by atoms with van der Waals surface area (Å²) in [5.74, 6) is -0.0811. The van der Waals surface area contributed by atoms with Gasteiger partial charge in [-0.25, -0.2) is 0 Å². The van der Waals surface area contributed by atoms with Crippen molar-refractivity contribution in [2.24, 2.45) is 0 Å². The van der Waals surface area contributed by atoms with E-state index in [-0.39, 0.29) is 5.91 Å². The smallest absolute Gasteiger partial charge is 0.253 e. The van der Waals surface area contributed by atoms with E-state index in [1.807, 2.05) is 19.1 Å². The van der Waals surface area contributed by atoms with E-state index in [1.165, 1.54) is 31.5 Å². The first kappa shape index (κ1) is 15.7. The summed E-state index contributed by atoms with van der Waals surface area (Å²) in [5, 5.41) is 2.96. The zero-order chi connectivity index (χ0) is 16.1. The Morgan fingerprint density at radius 1 is 1.17 bits per heavy atom. The molecule has 4 heteroatoms. The lowest BCUT2D eigenvalue weighted by molar-refractivity contribution is 0.0950. The van der Waals surface area contributed by atoms with Crippen LogP contribution in [0.1, 0.15) is 40.0 Å². The average molecular weight is 309 g/mol. The Hall–Kier alpha value is -2.20. The molecule has 1 amide bonds. The second kappa shape index (κ2) is 7.38. The van der Waals surface area contributed by atoms with Gasteiger partial charge in [-0.3, -0.25) is 14.7 Å². The van der Waals surface area contributed by atoms with Gasteiger partial charge >= 0.3 is 0 Å². The fraction of sp³-hybridized carbons (Fsp3) is 0.368. The van der Waals surface area contributed by atoms with Gasteiger partial charge < -0.3 is 5.32 Å².